The number of carbonyl (C=O) groups excluding carboxylic acids is 1. The van der Waals surface area contributed by atoms with Crippen molar-refractivity contribution in [2.45, 2.75) is 26.7 Å². The van der Waals surface area contributed by atoms with Crippen molar-refractivity contribution < 1.29 is 4.79 Å². The zero-order valence-electron chi connectivity index (χ0n) is 14.8. The maximum atomic E-state index is 12.7. The van der Waals surface area contributed by atoms with E-state index in [2.05, 4.69) is 25.7 Å². The number of amides is 1. The van der Waals surface area contributed by atoms with E-state index in [9.17, 15) is 4.79 Å². The Bertz CT molecular complexity index is 852. The van der Waals surface area contributed by atoms with Crippen molar-refractivity contribution in [1.29, 1.82) is 0 Å². The molecule has 2 heterocycles. The van der Waals surface area contributed by atoms with Gasteiger partial charge in [-0.25, -0.2) is 4.68 Å². The Hall–Kier alpha value is -3.03. The van der Waals surface area contributed by atoms with Gasteiger partial charge in [-0.15, -0.1) is 10.2 Å². The van der Waals surface area contributed by atoms with E-state index in [1.165, 1.54) is 5.56 Å². The van der Waals surface area contributed by atoms with Gasteiger partial charge < -0.3 is 4.90 Å². The van der Waals surface area contributed by atoms with Crippen LogP contribution in [0.4, 0.5) is 0 Å². The number of tetrazole rings is 1. The van der Waals surface area contributed by atoms with Gasteiger partial charge >= 0.3 is 0 Å². The first-order valence-electron chi connectivity index (χ1n) is 8.08. The van der Waals surface area contributed by atoms with Crippen LogP contribution in [0, 0.1) is 13.8 Å². The van der Waals surface area contributed by atoms with Crippen molar-refractivity contribution >= 4 is 5.91 Å². The number of aromatic amines is 1. The van der Waals surface area contributed by atoms with E-state index in [0.717, 1.165) is 11.4 Å². The lowest BCUT2D eigenvalue weighted by Gasteiger charge is -2.18. The summed E-state index contributed by atoms with van der Waals surface area (Å²) < 4.78 is 1.78. The number of carbonyl (C=O) groups is 1. The molecule has 2 aromatic heterocycles. The molecule has 0 saturated heterocycles. The summed E-state index contributed by atoms with van der Waals surface area (Å²) in [4.78, 5) is 14.3. The van der Waals surface area contributed by atoms with Crippen molar-refractivity contribution in [3.05, 3.63) is 53.1 Å². The lowest BCUT2D eigenvalue weighted by atomic mass is 10.1. The summed E-state index contributed by atoms with van der Waals surface area (Å²) in [7, 11) is 1.75. The van der Waals surface area contributed by atoms with E-state index in [1.54, 1.807) is 22.7 Å². The van der Waals surface area contributed by atoms with Gasteiger partial charge in [0.15, 0.2) is 11.5 Å². The lowest BCUT2D eigenvalue weighted by Crippen LogP contribution is -2.31. The molecular weight excluding hydrogens is 318 g/mol. The van der Waals surface area contributed by atoms with E-state index >= 15 is 0 Å². The van der Waals surface area contributed by atoms with E-state index < -0.39 is 0 Å². The average molecular weight is 339 g/mol. The molecule has 0 spiro atoms. The molecule has 3 rings (SSSR count). The molecule has 0 radical (unpaired) electrons. The third-order valence-electron chi connectivity index (χ3n) is 4.08. The van der Waals surface area contributed by atoms with E-state index in [1.807, 2.05) is 45.0 Å². The second-order valence-electron chi connectivity index (χ2n) is 6.28. The second-order valence-corrected chi connectivity index (χ2v) is 6.28. The Morgan fingerprint density at radius 1 is 1.28 bits per heavy atom. The highest BCUT2D eigenvalue weighted by Gasteiger charge is 2.21. The second kappa shape index (κ2) is 6.84. The Morgan fingerprint density at radius 2 is 2.00 bits per heavy atom. The third kappa shape index (κ3) is 3.57. The van der Waals surface area contributed by atoms with Crippen LogP contribution in [0.25, 0.3) is 5.69 Å². The molecule has 1 N–H and O–H groups in total. The van der Waals surface area contributed by atoms with Crippen LogP contribution in [0.15, 0.2) is 30.3 Å². The number of hydrogen-bond donors (Lipinski definition) is 1. The van der Waals surface area contributed by atoms with Crippen LogP contribution in [0.1, 0.15) is 40.4 Å². The number of likely N-dealkylation sites (N-methyl/N-ethyl adjacent to an activating group) is 1. The smallest absolute Gasteiger partial charge is 0.274 e. The molecule has 0 unspecified atom stereocenters. The molecule has 0 fully saturated rings. The van der Waals surface area contributed by atoms with Gasteiger partial charge in [0, 0.05) is 25.2 Å². The van der Waals surface area contributed by atoms with Gasteiger partial charge in [0.1, 0.15) is 0 Å². The maximum Gasteiger partial charge on any atom is 0.274 e. The van der Waals surface area contributed by atoms with Gasteiger partial charge in [-0.05, 0) is 32.0 Å². The van der Waals surface area contributed by atoms with Crippen LogP contribution >= 0.6 is 0 Å². The third-order valence-corrected chi connectivity index (χ3v) is 4.08. The van der Waals surface area contributed by atoms with Gasteiger partial charge in [0.25, 0.3) is 5.91 Å². The van der Waals surface area contributed by atoms with Crippen molar-refractivity contribution in [1.82, 2.24) is 35.3 Å². The van der Waals surface area contributed by atoms with E-state index in [4.69, 9.17) is 0 Å². The molecule has 1 amide bonds. The summed E-state index contributed by atoms with van der Waals surface area (Å²) in [5, 5.41) is 18.4. The summed E-state index contributed by atoms with van der Waals surface area (Å²) in [6.45, 7) is 6.40. The molecule has 0 saturated carbocycles. The van der Waals surface area contributed by atoms with Crippen LogP contribution in [0.3, 0.4) is 0 Å². The molecule has 3 aromatic rings. The largest absolute Gasteiger partial charge is 0.340 e. The zero-order chi connectivity index (χ0) is 18.0. The molecule has 25 heavy (non-hydrogen) atoms. The average Bonchev–Trinajstić information content (AvgIpc) is 3.24. The fraction of sp³-hybridized carbons (Fsp3) is 0.353. The summed E-state index contributed by atoms with van der Waals surface area (Å²) in [5.74, 6) is 0.429. The number of benzene rings is 1. The van der Waals surface area contributed by atoms with Crippen LogP contribution in [-0.4, -0.2) is 54.8 Å². The minimum Gasteiger partial charge on any atom is -0.340 e. The SMILES string of the molecule is Cc1ccc(-n2nc(C(=O)N(C)C[C@@H](C)c3nn[nH]n3)cc2C)cc1. The highest BCUT2D eigenvalue weighted by atomic mass is 16.2. The van der Waals surface area contributed by atoms with Crippen molar-refractivity contribution in [2.75, 3.05) is 13.6 Å². The number of aryl methyl sites for hydroxylation is 2. The maximum absolute atomic E-state index is 12.7. The van der Waals surface area contributed by atoms with E-state index in [-0.39, 0.29) is 11.8 Å². The summed E-state index contributed by atoms with van der Waals surface area (Å²) >= 11 is 0. The number of aromatic nitrogens is 6. The molecule has 8 heteroatoms. The Balaban J connectivity index is 1.76. The van der Waals surface area contributed by atoms with Crippen molar-refractivity contribution in [2.24, 2.45) is 0 Å². The summed E-state index contributed by atoms with van der Waals surface area (Å²) in [6, 6.07) is 9.84. The van der Waals surface area contributed by atoms with Crippen LogP contribution in [0.2, 0.25) is 0 Å². The molecule has 1 aromatic carbocycles. The molecule has 0 bridgehead atoms. The Kier molecular flexibility index (Phi) is 4.60. The van der Waals surface area contributed by atoms with Gasteiger partial charge in [-0.2, -0.15) is 10.3 Å². The predicted molar refractivity (Wildman–Crippen MR) is 92.6 cm³/mol. The van der Waals surface area contributed by atoms with Gasteiger partial charge in [0.2, 0.25) is 0 Å². The highest BCUT2D eigenvalue weighted by Crippen LogP contribution is 2.16. The Morgan fingerprint density at radius 3 is 2.64 bits per heavy atom. The summed E-state index contributed by atoms with van der Waals surface area (Å²) in [5.41, 5.74) is 3.44. The first-order valence-corrected chi connectivity index (χ1v) is 8.08. The van der Waals surface area contributed by atoms with Gasteiger partial charge in [-0.3, -0.25) is 4.79 Å². The fourth-order valence-corrected chi connectivity index (χ4v) is 2.68. The first kappa shape index (κ1) is 16.8. The summed E-state index contributed by atoms with van der Waals surface area (Å²) in [6.07, 6.45) is 0. The van der Waals surface area contributed by atoms with E-state index in [0.29, 0.717) is 18.1 Å². The van der Waals surface area contributed by atoms with Crippen molar-refractivity contribution in [3.8, 4) is 5.69 Å². The van der Waals surface area contributed by atoms with Gasteiger partial charge in [-0.1, -0.05) is 29.8 Å². The first-order chi connectivity index (χ1) is 12.0. The molecule has 130 valence electrons. The predicted octanol–water partition coefficient (Wildman–Crippen LogP) is 1.88. The van der Waals surface area contributed by atoms with Gasteiger partial charge in [0.05, 0.1) is 5.69 Å². The fourth-order valence-electron chi connectivity index (χ4n) is 2.68. The topological polar surface area (TPSA) is 92.6 Å². The molecule has 0 aliphatic heterocycles. The number of nitrogens with one attached hydrogen (secondary N) is 1. The molecule has 8 nitrogen and oxygen atoms in total. The monoisotopic (exact) mass is 339 g/mol. The van der Waals surface area contributed by atoms with Crippen LogP contribution in [-0.2, 0) is 0 Å². The highest BCUT2D eigenvalue weighted by molar-refractivity contribution is 5.92. The van der Waals surface area contributed by atoms with Crippen LogP contribution in [0.5, 0.6) is 0 Å². The lowest BCUT2D eigenvalue weighted by molar-refractivity contribution is 0.0781. The minimum atomic E-state index is -0.135. The normalized spacial score (nSPS) is 12.2. The Labute approximate surface area is 145 Å². The number of rotatable bonds is 5. The van der Waals surface area contributed by atoms with Crippen LogP contribution < -0.4 is 0 Å². The quantitative estimate of drug-likeness (QED) is 0.766. The minimum absolute atomic E-state index is 0.0204. The number of hydrogen-bond acceptors (Lipinski definition) is 5. The molecular formula is C17H21N7O. The zero-order valence-corrected chi connectivity index (χ0v) is 14.8. The number of H-pyrrole nitrogens is 1. The van der Waals surface area contributed by atoms with Crippen molar-refractivity contribution in [3.63, 3.8) is 0 Å². The molecule has 1 atom stereocenters. The standard InChI is InChI=1S/C17H21N7O/c1-11-5-7-14(8-6-11)24-13(3)9-15(20-24)17(25)23(4)10-12(2)16-18-21-22-19-16/h5-9,12H,10H2,1-4H3,(H,18,19,21,22)/t12-/m1/s1. The number of nitrogens with zero attached hydrogens (tertiary/aromatic N) is 6. The molecule has 0 aliphatic carbocycles. The molecule has 0 aliphatic rings.